The highest BCUT2D eigenvalue weighted by atomic mass is 16.3. The van der Waals surface area contributed by atoms with Crippen LogP contribution in [0.2, 0.25) is 0 Å². The van der Waals surface area contributed by atoms with Crippen molar-refractivity contribution in [3.8, 4) is 5.69 Å². The van der Waals surface area contributed by atoms with Crippen molar-refractivity contribution in [2.75, 3.05) is 11.9 Å². The molecule has 0 aliphatic heterocycles. The molecule has 23 heavy (non-hydrogen) atoms. The number of hydrogen-bond acceptors (Lipinski definition) is 5. The summed E-state index contributed by atoms with van der Waals surface area (Å²) in [5, 5.41) is 17.5. The van der Waals surface area contributed by atoms with Crippen molar-refractivity contribution in [2.45, 2.75) is 24.8 Å². The van der Waals surface area contributed by atoms with Crippen molar-refractivity contribution in [1.82, 2.24) is 19.7 Å². The van der Waals surface area contributed by atoms with Crippen LogP contribution in [0.15, 0.2) is 41.3 Å². The molecule has 0 unspecified atom stereocenters. The summed E-state index contributed by atoms with van der Waals surface area (Å²) in [6.45, 7) is 0.0205. The number of aromatic nitrogens is 4. The van der Waals surface area contributed by atoms with Gasteiger partial charge in [0.25, 0.3) is 5.56 Å². The van der Waals surface area contributed by atoms with Crippen LogP contribution in [0.25, 0.3) is 16.7 Å². The summed E-state index contributed by atoms with van der Waals surface area (Å²) in [5.41, 5.74) is 0.718. The summed E-state index contributed by atoms with van der Waals surface area (Å²) in [6.07, 6.45) is 4.30. The minimum Gasteiger partial charge on any atom is -0.394 e. The Hall–Kier alpha value is -2.67. The maximum atomic E-state index is 12.3. The first-order valence-electron chi connectivity index (χ1n) is 7.63. The normalized spacial score (nSPS) is 16.2. The summed E-state index contributed by atoms with van der Waals surface area (Å²) < 4.78 is 1.64. The van der Waals surface area contributed by atoms with Crippen molar-refractivity contribution in [1.29, 1.82) is 0 Å². The minimum absolute atomic E-state index is 0.0205. The molecule has 4 rings (SSSR count). The fourth-order valence-corrected chi connectivity index (χ4v) is 2.91. The average Bonchev–Trinajstić information content (AvgIpc) is 2.96. The topological polar surface area (TPSA) is 95.8 Å². The van der Waals surface area contributed by atoms with Crippen LogP contribution in [-0.4, -0.2) is 37.0 Å². The smallest absolute Gasteiger partial charge is 0.263 e. The molecule has 0 amide bonds. The second-order valence-electron chi connectivity index (χ2n) is 5.96. The predicted molar refractivity (Wildman–Crippen MR) is 86.8 cm³/mol. The van der Waals surface area contributed by atoms with E-state index in [4.69, 9.17) is 0 Å². The number of aromatic amines is 1. The van der Waals surface area contributed by atoms with Gasteiger partial charge in [-0.15, -0.1) is 0 Å². The minimum atomic E-state index is -0.374. The molecule has 0 radical (unpaired) electrons. The lowest BCUT2D eigenvalue weighted by Crippen LogP contribution is -2.49. The lowest BCUT2D eigenvalue weighted by Gasteiger charge is -2.41. The van der Waals surface area contributed by atoms with E-state index >= 15 is 0 Å². The van der Waals surface area contributed by atoms with Gasteiger partial charge < -0.3 is 10.4 Å². The van der Waals surface area contributed by atoms with Gasteiger partial charge in [-0.2, -0.15) is 10.1 Å². The monoisotopic (exact) mass is 311 g/mol. The van der Waals surface area contributed by atoms with Crippen LogP contribution in [0.1, 0.15) is 19.3 Å². The molecular weight excluding hydrogens is 294 g/mol. The summed E-state index contributed by atoms with van der Waals surface area (Å²) in [5.74, 6) is 0.369. The van der Waals surface area contributed by atoms with Crippen LogP contribution in [0, 0.1) is 0 Å². The lowest BCUT2D eigenvalue weighted by atomic mass is 9.77. The van der Waals surface area contributed by atoms with Crippen LogP contribution in [0.3, 0.4) is 0 Å². The molecule has 1 fully saturated rings. The van der Waals surface area contributed by atoms with Gasteiger partial charge in [0.1, 0.15) is 5.39 Å². The van der Waals surface area contributed by atoms with E-state index in [0.717, 1.165) is 24.9 Å². The van der Waals surface area contributed by atoms with Crippen LogP contribution in [-0.2, 0) is 0 Å². The van der Waals surface area contributed by atoms with E-state index in [1.54, 1.807) is 4.68 Å². The molecular formula is C16H17N5O2. The third-order valence-corrected chi connectivity index (χ3v) is 4.44. The maximum Gasteiger partial charge on any atom is 0.263 e. The zero-order valence-electron chi connectivity index (χ0n) is 12.5. The number of nitrogens with zero attached hydrogens (tertiary/aromatic N) is 3. The molecule has 7 nitrogen and oxygen atoms in total. The highest BCUT2D eigenvalue weighted by Crippen LogP contribution is 2.34. The van der Waals surface area contributed by atoms with Crippen LogP contribution in [0.4, 0.5) is 5.95 Å². The van der Waals surface area contributed by atoms with E-state index in [9.17, 15) is 9.90 Å². The van der Waals surface area contributed by atoms with Gasteiger partial charge in [0.05, 0.1) is 24.0 Å². The predicted octanol–water partition coefficient (Wildman–Crippen LogP) is 1.44. The Morgan fingerprint density at radius 1 is 1.30 bits per heavy atom. The molecule has 1 aliphatic rings. The largest absolute Gasteiger partial charge is 0.394 e. The summed E-state index contributed by atoms with van der Waals surface area (Å²) in [4.78, 5) is 19.5. The summed E-state index contributed by atoms with van der Waals surface area (Å²) in [7, 11) is 0. The fraction of sp³-hybridized carbons (Fsp3) is 0.312. The number of benzene rings is 1. The number of para-hydroxylation sites is 1. The molecule has 1 saturated carbocycles. The lowest BCUT2D eigenvalue weighted by molar-refractivity contribution is 0.143. The highest BCUT2D eigenvalue weighted by molar-refractivity contribution is 5.76. The van der Waals surface area contributed by atoms with Crippen LogP contribution < -0.4 is 10.9 Å². The molecule has 1 aliphatic carbocycles. The Balaban J connectivity index is 1.81. The van der Waals surface area contributed by atoms with Gasteiger partial charge in [-0.05, 0) is 31.4 Å². The Morgan fingerprint density at radius 2 is 2.09 bits per heavy atom. The molecule has 3 aromatic rings. The van der Waals surface area contributed by atoms with Gasteiger partial charge in [-0.3, -0.25) is 9.78 Å². The highest BCUT2D eigenvalue weighted by Gasteiger charge is 2.37. The van der Waals surface area contributed by atoms with Crippen molar-refractivity contribution >= 4 is 17.0 Å². The van der Waals surface area contributed by atoms with E-state index in [1.807, 2.05) is 30.3 Å². The van der Waals surface area contributed by atoms with E-state index < -0.39 is 0 Å². The maximum absolute atomic E-state index is 12.3. The molecule has 0 spiro atoms. The zero-order chi connectivity index (χ0) is 15.9. The zero-order valence-corrected chi connectivity index (χ0v) is 12.5. The molecule has 2 heterocycles. The first-order valence-corrected chi connectivity index (χ1v) is 7.63. The first-order chi connectivity index (χ1) is 11.2. The summed E-state index contributed by atoms with van der Waals surface area (Å²) in [6, 6.07) is 9.55. The van der Waals surface area contributed by atoms with Gasteiger partial charge in [-0.25, -0.2) is 4.68 Å². The van der Waals surface area contributed by atoms with Crippen LogP contribution >= 0.6 is 0 Å². The third kappa shape index (κ3) is 2.29. The first kappa shape index (κ1) is 14.0. The van der Waals surface area contributed by atoms with E-state index in [-0.39, 0.29) is 17.7 Å². The van der Waals surface area contributed by atoms with E-state index in [2.05, 4.69) is 20.4 Å². The number of rotatable bonds is 4. The molecule has 7 heteroatoms. The van der Waals surface area contributed by atoms with Crippen LogP contribution in [0.5, 0.6) is 0 Å². The van der Waals surface area contributed by atoms with Crippen molar-refractivity contribution in [2.24, 2.45) is 0 Å². The average molecular weight is 311 g/mol. The number of H-pyrrole nitrogens is 1. The van der Waals surface area contributed by atoms with Crippen molar-refractivity contribution < 1.29 is 5.11 Å². The van der Waals surface area contributed by atoms with Gasteiger partial charge >= 0.3 is 0 Å². The molecule has 118 valence electrons. The number of nitrogens with one attached hydrogen (secondary N) is 2. The second-order valence-corrected chi connectivity index (χ2v) is 5.96. The Bertz CT molecular complexity index is 890. The molecule has 2 aromatic heterocycles. The Labute approximate surface area is 132 Å². The van der Waals surface area contributed by atoms with E-state index in [0.29, 0.717) is 17.0 Å². The molecule has 0 bridgehead atoms. The van der Waals surface area contributed by atoms with E-state index in [1.165, 1.54) is 6.20 Å². The number of hydrogen-bond donors (Lipinski definition) is 3. The quantitative estimate of drug-likeness (QED) is 0.677. The standard InChI is InChI=1S/C16H17N5O2/c22-10-16(7-4-8-16)20-15-18-13-12(14(23)19-15)9-17-21(13)11-5-2-1-3-6-11/h1-3,5-6,9,22H,4,7-8,10H2,(H2,18,19,20,23). The number of fused-ring (bicyclic) bond motifs is 1. The van der Waals surface area contributed by atoms with Gasteiger partial charge in [0.2, 0.25) is 5.95 Å². The number of aliphatic hydroxyl groups is 1. The molecule has 3 N–H and O–H groups in total. The van der Waals surface area contributed by atoms with Crippen molar-refractivity contribution in [3.05, 3.63) is 46.9 Å². The SMILES string of the molecule is O=c1[nH]c(NC2(CO)CCC2)nc2c1cnn2-c1ccccc1. The molecule has 0 saturated heterocycles. The molecule has 0 atom stereocenters. The summed E-state index contributed by atoms with van der Waals surface area (Å²) >= 11 is 0. The Morgan fingerprint density at radius 3 is 2.74 bits per heavy atom. The molecule has 1 aromatic carbocycles. The fourth-order valence-electron chi connectivity index (χ4n) is 2.91. The van der Waals surface area contributed by atoms with Gasteiger partial charge in [0, 0.05) is 0 Å². The number of anilines is 1. The number of aliphatic hydroxyl groups excluding tert-OH is 1. The van der Waals surface area contributed by atoms with Gasteiger partial charge in [-0.1, -0.05) is 18.2 Å². The second kappa shape index (κ2) is 5.20. The van der Waals surface area contributed by atoms with Gasteiger partial charge in [0.15, 0.2) is 5.65 Å². The third-order valence-electron chi connectivity index (χ3n) is 4.44. The van der Waals surface area contributed by atoms with Crippen molar-refractivity contribution in [3.63, 3.8) is 0 Å². The Kier molecular flexibility index (Phi) is 3.16.